The van der Waals surface area contributed by atoms with Gasteiger partial charge in [-0.05, 0) is 18.2 Å². The second-order valence-electron chi connectivity index (χ2n) is 6.54. The molecular formula is C20H25IN6O. The summed E-state index contributed by atoms with van der Waals surface area (Å²) in [5.74, 6) is 1.59. The second-order valence-corrected chi connectivity index (χ2v) is 6.54. The molecular weight excluding hydrogens is 467 g/mol. The van der Waals surface area contributed by atoms with Gasteiger partial charge >= 0.3 is 0 Å². The zero-order chi connectivity index (χ0) is 18.5. The molecule has 0 bridgehead atoms. The van der Waals surface area contributed by atoms with Crippen molar-refractivity contribution < 1.29 is 4.74 Å². The molecule has 0 amide bonds. The van der Waals surface area contributed by atoms with Crippen LogP contribution in [0.5, 0.6) is 5.88 Å². The molecule has 7 nitrogen and oxygen atoms in total. The highest BCUT2D eigenvalue weighted by Crippen LogP contribution is 2.16. The minimum absolute atomic E-state index is 0. The maximum absolute atomic E-state index is 5.96. The molecule has 1 saturated heterocycles. The fourth-order valence-electron chi connectivity index (χ4n) is 3.41. The molecule has 3 heterocycles. The van der Waals surface area contributed by atoms with E-state index in [1.165, 1.54) is 0 Å². The number of aliphatic imine (C=N–C) groups is 1. The monoisotopic (exact) mass is 492 g/mol. The Morgan fingerprint density at radius 2 is 2.07 bits per heavy atom. The van der Waals surface area contributed by atoms with Crippen molar-refractivity contribution in [2.45, 2.75) is 19.1 Å². The van der Waals surface area contributed by atoms with E-state index in [2.05, 4.69) is 35.8 Å². The molecule has 1 atom stereocenters. The Balaban J connectivity index is 0.00000225. The van der Waals surface area contributed by atoms with Gasteiger partial charge in [0.25, 0.3) is 0 Å². The maximum Gasteiger partial charge on any atom is 0.213 e. The quantitative estimate of drug-likeness (QED) is 0.337. The molecule has 0 radical (unpaired) electrons. The van der Waals surface area contributed by atoms with E-state index in [4.69, 9.17) is 4.74 Å². The highest BCUT2D eigenvalue weighted by molar-refractivity contribution is 14.0. The van der Waals surface area contributed by atoms with Crippen LogP contribution in [0.2, 0.25) is 0 Å². The number of guanidine groups is 1. The first-order valence-electron chi connectivity index (χ1n) is 9.26. The van der Waals surface area contributed by atoms with Gasteiger partial charge in [0.1, 0.15) is 6.10 Å². The molecule has 0 aliphatic carbocycles. The van der Waals surface area contributed by atoms with E-state index in [9.17, 15) is 0 Å². The molecule has 1 aliphatic rings. The Labute approximate surface area is 181 Å². The van der Waals surface area contributed by atoms with E-state index in [-0.39, 0.29) is 30.1 Å². The van der Waals surface area contributed by atoms with Gasteiger partial charge in [0, 0.05) is 45.4 Å². The lowest BCUT2D eigenvalue weighted by Crippen LogP contribution is -2.42. The first kappa shape index (κ1) is 20.4. The van der Waals surface area contributed by atoms with Crippen molar-refractivity contribution >= 4 is 41.0 Å². The van der Waals surface area contributed by atoms with Crippen LogP contribution in [0.1, 0.15) is 6.42 Å². The molecule has 1 unspecified atom stereocenters. The van der Waals surface area contributed by atoms with Crippen molar-refractivity contribution in [3.8, 4) is 5.88 Å². The lowest BCUT2D eigenvalue weighted by atomic mass is 10.3. The Morgan fingerprint density at radius 1 is 1.21 bits per heavy atom. The maximum atomic E-state index is 5.96. The topological polar surface area (TPSA) is 67.6 Å². The largest absolute Gasteiger partial charge is 0.472 e. The van der Waals surface area contributed by atoms with E-state index in [0.29, 0.717) is 5.88 Å². The van der Waals surface area contributed by atoms with E-state index in [0.717, 1.165) is 49.6 Å². The van der Waals surface area contributed by atoms with Crippen molar-refractivity contribution in [3.63, 3.8) is 0 Å². The average Bonchev–Trinajstić information content (AvgIpc) is 3.33. The number of nitrogens with zero attached hydrogens (tertiary/aromatic N) is 5. The number of hydrogen-bond acceptors (Lipinski definition) is 4. The predicted molar refractivity (Wildman–Crippen MR) is 121 cm³/mol. The fourth-order valence-corrected chi connectivity index (χ4v) is 3.41. The predicted octanol–water partition coefficient (Wildman–Crippen LogP) is 2.78. The van der Waals surface area contributed by atoms with Gasteiger partial charge in [-0.2, -0.15) is 0 Å². The summed E-state index contributed by atoms with van der Waals surface area (Å²) in [6.07, 6.45) is 4.74. The van der Waals surface area contributed by atoms with Crippen LogP contribution in [-0.2, 0) is 6.54 Å². The summed E-state index contributed by atoms with van der Waals surface area (Å²) in [7, 11) is 1.82. The first-order valence-corrected chi connectivity index (χ1v) is 9.26. The molecule has 0 spiro atoms. The SMILES string of the molecule is CN=C(NCCn1cnc2ccccc21)N1CCC(Oc2ccccn2)C1.I. The van der Waals surface area contributed by atoms with Gasteiger partial charge < -0.3 is 19.5 Å². The summed E-state index contributed by atoms with van der Waals surface area (Å²) < 4.78 is 8.12. The number of ether oxygens (including phenoxy) is 1. The third kappa shape index (κ3) is 4.73. The van der Waals surface area contributed by atoms with Crippen LogP contribution in [0, 0.1) is 0 Å². The summed E-state index contributed by atoms with van der Waals surface area (Å²) in [6, 6.07) is 13.9. The highest BCUT2D eigenvalue weighted by atomic mass is 127. The van der Waals surface area contributed by atoms with Crippen LogP contribution < -0.4 is 10.1 Å². The van der Waals surface area contributed by atoms with Gasteiger partial charge in [0.05, 0.1) is 23.9 Å². The van der Waals surface area contributed by atoms with Gasteiger partial charge in [0.15, 0.2) is 5.96 Å². The van der Waals surface area contributed by atoms with E-state index < -0.39 is 0 Å². The van der Waals surface area contributed by atoms with Crippen molar-refractivity contribution in [3.05, 3.63) is 55.0 Å². The number of likely N-dealkylation sites (tertiary alicyclic amines) is 1. The molecule has 4 rings (SSSR count). The molecule has 1 fully saturated rings. The van der Waals surface area contributed by atoms with Crippen LogP contribution in [0.3, 0.4) is 0 Å². The van der Waals surface area contributed by atoms with Gasteiger partial charge in [-0.1, -0.05) is 18.2 Å². The Morgan fingerprint density at radius 3 is 2.89 bits per heavy atom. The lowest BCUT2D eigenvalue weighted by Gasteiger charge is -2.21. The van der Waals surface area contributed by atoms with Gasteiger partial charge in [-0.25, -0.2) is 9.97 Å². The molecule has 1 N–H and O–H groups in total. The number of halogens is 1. The molecule has 1 aliphatic heterocycles. The second kappa shape index (κ2) is 9.72. The van der Waals surface area contributed by atoms with Crippen LogP contribution in [0.25, 0.3) is 11.0 Å². The van der Waals surface area contributed by atoms with Crippen molar-refractivity contribution in [1.29, 1.82) is 0 Å². The van der Waals surface area contributed by atoms with Crippen LogP contribution in [0.4, 0.5) is 0 Å². The van der Waals surface area contributed by atoms with Gasteiger partial charge in [-0.15, -0.1) is 24.0 Å². The zero-order valence-corrected chi connectivity index (χ0v) is 18.2. The highest BCUT2D eigenvalue weighted by Gasteiger charge is 2.26. The number of fused-ring (bicyclic) bond motifs is 1. The summed E-state index contributed by atoms with van der Waals surface area (Å²) in [4.78, 5) is 15.3. The van der Waals surface area contributed by atoms with E-state index in [1.807, 2.05) is 49.8 Å². The lowest BCUT2D eigenvalue weighted by molar-refractivity contribution is 0.205. The normalized spacial score (nSPS) is 16.8. The van der Waals surface area contributed by atoms with Crippen LogP contribution in [-0.4, -0.2) is 58.2 Å². The summed E-state index contributed by atoms with van der Waals surface area (Å²) in [5.41, 5.74) is 2.18. The third-order valence-corrected chi connectivity index (χ3v) is 4.74. The van der Waals surface area contributed by atoms with Gasteiger partial charge in [0.2, 0.25) is 5.88 Å². The molecule has 2 aromatic heterocycles. The number of hydrogen-bond donors (Lipinski definition) is 1. The molecule has 8 heteroatoms. The van der Waals surface area contributed by atoms with Crippen LogP contribution in [0.15, 0.2) is 60.0 Å². The number of benzene rings is 1. The minimum Gasteiger partial charge on any atom is -0.472 e. The average molecular weight is 492 g/mol. The summed E-state index contributed by atoms with van der Waals surface area (Å²) in [5, 5.41) is 3.45. The number of nitrogens with one attached hydrogen (secondary N) is 1. The van der Waals surface area contributed by atoms with Gasteiger partial charge in [-0.3, -0.25) is 4.99 Å². The van der Waals surface area contributed by atoms with E-state index >= 15 is 0 Å². The molecule has 0 saturated carbocycles. The van der Waals surface area contributed by atoms with E-state index in [1.54, 1.807) is 6.20 Å². The molecule has 148 valence electrons. The first-order chi connectivity index (χ1) is 13.3. The van der Waals surface area contributed by atoms with Crippen molar-refractivity contribution in [2.24, 2.45) is 4.99 Å². The minimum atomic E-state index is 0. The number of pyridine rings is 1. The third-order valence-electron chi connectivity index (χ3n) is 4.74. The number of rotatable bonds is 5. The van der Waals surface area contributed by atoms with Crippen molar-refractivity contribution in [1.82, 2.24) is 24.8 Å². The Bertz CT molecular complexity index is 913. The smallest absolute Gasteiger partial charge is 0.213 e. The molecule has 1 aromatic carbocycles. The standard InChI is InChI=1S/C20H24N6O.HI/c1-21-20(23-11-13-26-15-24-17-6-2-3-7-18(17)26)25-12-9-16(14-25)27-19-8-4-5-10-22-19;/h2-8,10,15-16H,9,11-14H2,1H3,(H,21,23);1H. The number of imidazole rings is 1. The summed E-state index contributed by atoms with van der Waals surface area (Å²) >= 11 is 0. The number of aromatic nitrogens is 3. The Kier molecular flexibility index (Phi) is 7.07. The summed E-state index contributed by atoms with van der Waals surface area (Å²) in [6.45, 7) is 3.35. The van der Waals surface area contributed by atoms with Crippen molar-refractivity contribution in [2.75, 3.05) is 26.7 Å². The zero-order valence-electron chi connectivity index (χ0n) is 15.9. The molecule has 3 aromatic rings. The fraction of sp³-hybridized carbons (Fsp3) is 0.350. The van der Waals surface area contributed by atoms with Crippen LogP contribution >= 0.6 is 24.0 Å². The Hall–Kier alpha value is -2.36. The number of para-hydroxylation sites is 2. The molecule has 28 heavy (non-hydrogen) atoms.